The van der Waals surface area contributed by atoms with Gasteiger partial charge in [-0.15, -0.1) is 0 Å². The Labute approximate surface area is 119 Å². The zero-order chi connectivity index (χ0) is 14.0. The van der Waals surface area contributed by atoms with Crippen LogP contribution in [0.3, 0.4) is 0 Å². The second-order valence-electron chi connectivity index (χ2n) is 4.06. The molecule has 0 aliphatic rings. The molecule has 0 fully saturated rings. The van der Waals surface area contributed by atoms with Gasteiger partial charge in [-0.1, -0.05) is 34.1 Å². The molecule has 0 aliphatic carbocycles. The predicted octanol–water partition coefficient (Wildman–Crippen LogP) is 4.14. The predicted molar refractivity (Wildman–Crippen MR) is 75.3 cm³/mol. The molecule has 0 spiro atoms. The van der Waals surface area contributed by atoms with Gasteiger partial charge in [-0.3, -0.25) is 4.79 Å². The van der Waals surface area contributed by atoms with Gasteiger partial charge in [0.2, 0.25) is 0 Å². The second kappa shape index (κ2) is 5.53. The van der Waals surface area contributed by atoms with Crippen molar-refractivity contribution in [1.29, 1.82) is 0 Å². The summed E-state index contributed by atoms with van der Waals surface area (Å²) in [6, 6.07) is 9.82. The molecule has 0 N–H and O–H groups in total. The van der Waals surface area contributed by atoms with Crippen molar-refractivity contribution in [3.63, 3.8) is 0 Å². The first-order valence-electron chi connectivity index (χ1n) is 5.68. The van der Waals surface area contributed by atoms with Crippen molar-refractivity contribution in [3.8, 4) is 5.75 Å². The molecule has 2 rings (SSSR count). The normalized spacial score (nSPS) is 10.3. The summed E-state index contributed by atoms with van der Waals surface area (Å²) in [5, 5.41) is 0. The summed E-state index contributed by atoms with van der Waals surface area (Å²) < 4.78 is 19.8. The van der Waals surface area contributed by atoms with Crippen LogP contribution in [0.1, 0.15) is 21.5 Å². The van der Waals surface area contributed by atoms with Crippen LogP contribution in [0.4, 0.5) is 4.39 Å². The third-order valence-corrected chi connectivity index (χ3v) is 3.80. The molecule has 2 aromatic rings. The van der Waals surface area contributed by atoms with E-state index in [1.807, 2.05) is 13.0 Å². The van der Waals surface area contributed by atoms with Gasteiger partial charge in [0.25, 0.3) is 0 Å². The topological polar surface area (TPSA) is 26.3 Å². The first-order chi connectivity index (χ1) is 9.06. The summed E-state index contributed by atoms with van der Waals surface area (Å²) >= 11 is 3.36. The van der Waals surface area contributed by atoms with E-state index in [9.17, 15) is 9.18 Å². The molecular formula is C15H12BrFO2. The maximum absolute atomic E-state index is 14.1. The molecule has 0 amide bonds. The molecule has 0 saturated heterocycles. The van der Waals surface area contributed by atoms with Crippen LogP contribution in [0.25, 0.3) is 0 Å². The van der Waals surface area contributed by atoms with Gasteiger partial charge in [0.1, 0.15) is 0 Å². The molecule has 2 nitrogen and oxygen atoms in total. The fourth-order valence-corrected chi connectivity index (χ4v) is 2.21. The molecule has 0 bridgehead atoms. The molecular weight excluding hydrogens is 311 g/mol. The van der Waals surface area contributed by atoms with E-state index in [0.717, 1.165) is 10.0 Å². The van der Waals surface area contributed by atoms with Crippen molar-refractivity contribution < 1.29 is 13.9 Å². The van der Waals surface area contributed by atoms with Gasteiger partial charge in [0, 0.05) is 10.0 Å². The third kappa shape index (κ3) is 2.54. The Balaban J connectivity index is 2.54. The second-order valence-corrected chi connectivity index (χ2v) is 4.92. The quantitative estimate of drug-likeness (QED) is 0.794. The molecule has 19 heavy (non-hydrogen) atoms. The van der Waals surface area contributed by atoms with Gasteiger partial charge < -0.3 is 4.74 Å². The number of methoxy groups -OCH3 is 1. The number of carbonyl (C=O) groups is 1. The van der Waals surface area contributed by atoms with Gasteiger partial charge in [0.05, 0.1) is 12.7 Å². The van der Waals surface area contributed by atoms with Gasteiger partial charge >= 0.3 is 0 Å². The zero-order valence-electron chi connectivity index (χ0n) is 10.5. The maximum atomic E-state index is 14.1. The van der Waals surface area contributed by atoms with Crippen molar-refractivity contribution in [2.45, 2.75) is 6.92 Å². The molecule has 0 unspecified atom stereocenters. The standard InChI is InChI=1S/C15H12BrFO2/c1-9-10(5-3-7-12(9)16)15(18)11-6-4-8-13(19-2)14(11)17/h3-8H,1-2H3. The van der Waals surface area contributed by atoms with Crippen molar-refractivity contribution in [3.05, 3.63) is 63.4 Å². The highest BCUT2D eigenvalue weighted by molar-refractivity contribution is 9.10. The molecule has 0 heterocycles. The number of ether oxygens (including phenoxy) is 1. The van der Waals surface area contributed by atoms with Crippen LogP contribution in [-0.4, -0.2) is 12.9 Å². The molecule has 98 valence electrons. The molecule has 4 heteroatoms. The molecule has 0 saturated carbocycles. The molecule has 0 atom stereocenters. The fraction of sp³-hybridized carbons (Fsp3) is 0.133. The average molecular weight is 323 g/mol. The van der Waals surface area contributed by atoms with E-state index in [4.69, 9.17) is 4.74 Å². The summed E-state index contributed by atoms with van der Waals surface area (Å²) in [5.74, 6) is -0.914. The number of halogens is 2. The van der Waals surface area contributed by atoms with Crippen molar-refractivity contribution in [1.82, 2.24) is 0 Å². The summed E-state index contributed by atoms with van der Waals surface area (Å²) in [4.78, 5) is 12.4. The number of benzene rings is 2. The van der Waals surface area contributed by atoms with Crippen LogP contribution in [-0.2, 0) is 0 Å². The smallest absolute Gasteiger partial charge is 0.196 e. The van der Waals surface area contributed by atoms with E-state index < -0.39 is 5.82 Å². The molecule has 0 aromatic heterocycles. The van der Waals surface area contributed by atoms with Crippen LogP contribution in [0.5, 0.6) is 5.75 Å². The maximum Gasteiger partial charge on any atom is 0.196 e. The zero-order valence-corrected chi connectivity index (χ0v) is 12.1. The van der Waals surface area contributed by atoms with Crippen molar-refractivity contribution in [2.75, 3.05) is 7.11 Å². The van der Waals surface area contributed by atoms with Crippen LogP contribution < -0.4 is 4.74 Å². The first kappa shape index (κ1) is 13.7. The van der Waals surface area contributed by atoms with Gasteiger partial charge in [-0.05, 0) is 30.7 Å². The van der Waals surface area contributed by atoms with Crippen molar-refractivity contribution in [2.24, 2.45) is 0 Å². The number of hydrogen-bond acceptors (Lipinski definition) is 2. The van der Waals surface area contributed by atoms with Crippen LogP contribution in [0.15, 0.2) is 40.9 Å². The van der Waals surface area contributed by atoms with E-state index in [1.54, 1.807) is 18.2 Å². The fourth-order valence-electron chi connectivity index (χ4n) is 1.84. The number of hydrogen-bond donors (Lipinski definition) is 0. The summed E-state index contributed by atoms with van der Waals surface area (Å²) in [7, 11) is 1.37. The van der Waals surface area contributed by atoms with Gasteiger partial charge in [-0.25, -0.2) is 4.39 Å². The van der Waals surface area contributed by atoms with Gasteiger partial charge in [0.15, 0.2) is 17.3 Å². The lowest BCUT2D eigenvalue weighted by Gasteiger charge is -2.09. The van der Waals surface area contributed by atoms with Crippen LogP contribution in [0.2, 0.25) is 0 Å². The first-order valence-corrected chi connectivity index (χ1v) is 6.48. The largest absolute Gasteiger partial charge is 0.494 e. The Morgan fingerprint density at radius 3 is 2.47 bits per heavy atom. The lowest BCUT2D eigenvalue weighted by molar-refractivity contribution is 0.103. The Bertz CT molecular complexity index is 638. The van der Waals surface area contributed by atoms with Crippen molar-refractivity contribution >= 4 is 21.7 Å². The summed E-state index contributed by atoms with van der Waals surface area (Å²) in [6.07, 6.45) is 0. The van der Waals surface area contributed by atoms with Crippen LogP contribution >= 0.6 is 15.9 Å². The summed E-state index contributed by atoms with van der Waals surface area (Å²) in [6.45, 7) is 1.81. The van der Waals surface area contributed by atoms with Gasteiger partial charge in [-0.2, -0.15) is 0 Å². The summed E-state index contributed by atoms with van der Waals surface area (Å²) in [5.41, 5.74) is 1.27. The molecule has 0 radical (unpaired) electrons. The van der Waals surface area contributed by atoms with E-state index >= 15 is 0 Å². The van der Waals surface area contributed by atoms with E-state index in [0.29, 0.717) is 5.56 Å². The lowest BCUT2D eigenvalue weighted by Crippen LogP contribution is -2.07. The minimum atomic E-state index is -0.630. The number of carbonyl (C=O) groups excluding carboxylic acids is 1. The Kier molecular flexibility index (Phi) is 4.00. The number of ketones is 1. The minimum absolute atomic E-state index is 0.0144. The van der Waals surface area contributed by atoms with Crippen LogP contribution in [0, 0.1) is 12.7 Å². The Morgan fingerprint density at radius 1 is 1.16 bits per heavy atom. The van der Waals surface area contributed by atoms with E-state index in [2.05, 4.69) is 15.9 Å². The Morgan fingerprint density at radius 2 is 1.79 bits per heavy atom. The molecule has 2 aromatic carbocycles. The minimum Gasteiger partial charge on any atom is -0.494 e. The number of rotatable bonds is 3. The molecule has 0 aliphatic heterocycles. The van der Waals surface area contributed by atoms with E-state index in [1.165, 1.54) is 19.2 Å². The lowest BCUT2D eigenvalue weighted by atomic mass is 9.98. The van der Waals surface area contributed by atoms with E-state index in [-0.39, 0.29) is 17.1 Å². The Hall–Kier alpha value is -1.68. The average Bonchev–Trinajstić information content (AvgIpc) is 2.41. The monoisotopic (exact) mass is 322 g/mol. The third-order valence-electron chi connectivity index (χ3n) is 2.94. The highest BCUT2D eigenvalue weighted by Crippen LogP contribution is 2.26. The SMILES string of the molecule is COc1cccc(C(=O)c2cccc(Br)c2C)c1F. The highest BCUT2D eigenvalue weighted by Gasteiger charge is 2.19. The highest BCUT2D eigenvalue weighted by atomic mass is 79.9.